The Labute approximate surface area is 81.4 Å². The van der Waals surface area contributed by atoms with Crippen molar-refractivity contribution in [2.75, 3.05) is 0 Å². The number of carbonyl (C=O) groups excluding carboxylic acids is 1. The first-order valence-electron chi connectivity index (χ1n) is 3.93. The fraction of sp³-hybridized carbons (Fsp3) is 0.100. The Bertz CT molecular complexity index is 405. The van der Waals surface area contributed by atoms with Gasteiger partial charge in [0.15, 0.2) is 0 Å². The van der Waals surface area contributed by atoms with Gasteiger partial charge in [0, 0.05) is 6.92 Å². The van der Waals surface area contributed by atoms with Crippen LogP contribution in [0.15, 0.2) is 29.4 Å². The highest BCUT2D eigenvalue weighted by Gasteiger charge is 1.92. The van der Waals surface area contributed by atoms with Crippen molar-refractivity contribution in [3.63, 3.8) is 0 Å². The number of nitrogens with zero attached hydrogens (tertiary/aromatic N) is 2. The largest absolute Gasteiger partial charge is 0.331 e. The molecule has 0 spiro atoms. The van der Waals surface area contributed by atoms with Crippen molar-refractivity contribution in [2.45, 2.75) is 6.92 Å². The van der Waals surface area contributed by atoms with Gasteiger partial charge in [-0.05, 0) is 17.7 Å². The summed E-state index contributed by atoms with van der Waals surface area (Å²) in [5, 5.41) is 12.0. The molecule has 70 valence electrons. The number of benzene rings is 1. The van der Waals surface area contributed by atoms with Crippen molar-refractivity contribution in [1.29, 1.82) is 5.26 Å². The first kappa shape index (κ1) is 9.93. The molecule has 0 unspecified atom stereocenters. The van der Waals surface area contributed by atoms with E-state index in [1.54, 1.807) is 24.3 Å². The summed E-state index contributed by atoms with van der Waals surface area (Å²) in [4.78, 5) is 14.7. The smallest absolute Gasteiger partial charge is 0.319 e. The molecule has 0 aliphatic heterocycles. The summed E-state index contributed by atoms with van der Waals surface area (Å²) in [6.07, 6.45) is 1.38. The molecule has 0 aromatic heterocycles. The number of hydrogen-bond acceptors (Lipinski definition) is 4. The summed E-state index contributed by atoms with van der Waals surface area (Å²) in [5.41, 5.74) is 1.25. The predicted octanol–water partition coefficient (Wildman–Crippen LogP) is 1.46. The van der Waals surface area contributed by atoms with Crippen molar-refractivity contribution >= 4 is 12.2 Å². The fourth-order valence-corrected chi connectivity index (χ4v) is 0.850. The molecule has 4 heteroatoms. The summed E-state index contributed by atoms with van der Waals surface area (Å²) >= 11 is 0. The molecule has 1 aromatic rings. The molecule has 0 amide bonds. The Morgan fingerprint density at radius 1 is 1.64 bits per heavy atom. The number of oxime groups is 1. The topological polar surface area (TPSA) is 62.4 Å². The van der Waals surface area contributed by atoms with Gasteiger partial charge in [0.2, 0.25) is 0 Å². The minimum Gasteiger partial charge on any atom is -0.319 e. The van der Waals surface area contributed by atoms with E-state index in [0.29, 0.717) is 11.1 Å². The quantitative estimate of drug-likeness (QED) is 0.401. The van der Waals surface area contributed by atoms with Crippen LogP contribution >= 0.6 is 0 Å². The maximum atomic E-state index is 10.4. The van der Waals surface area contributed by atoms with Crippen LogP contribution in [0.1, 0.15) is 18.1 Å². The van der Waals surface area contributed by atoms with E-state index in [1.807, 2.05) is 6.07 Å². The maximum Gasteiger partial charge on any atom is 0.331 e. The second kappa shape index (κ2) is 4.77. The van der Waals surface area contributed by atoms with Gasteiger partial charge in [-0.1, -0.05) is 17.3 Å². The second-order valence-corrected chi connectivity index (χ2v) is 2.55. The highest BCUT2D eigenvalue weighted by atomic mass is 16.7. The summed E-state index contributed by atoms with van der Waals surface area (Å²) < 4.78 is 0. The summed E-state index contributed by atoms with van der Waals surface area (Å²) in [7, 11) is 0. The average Bonchev–Trinajstić information content (AvgIpc) is 2.18. The van der Waals surface area contributed by atoms with Crippen molar-refractivity contribution in [2.24, 2.45) is 5.16 Å². The zero-order valence-corrected chi connectivity index (χ0v) is 7.60. The molecular formula is C10H8N2O2. The van der Waals surface area contributed by atoms with E-state index in [1.165, 1.54) is 13.1 Å². The van der Waals surface area contributed by atoms with Crippen LogP contribution in [0.3, 0.4) is 0 Å². The Kier molecular flexibility index (Phi) is 3.39. The molecule has 0 saturated heterocycles. The van der Waals surface area contributed by atoms with Crippen LogP contribution in [0.25, 0.3) is 0 Å². The van der Waals surface area contributed by atoms with Gasteiger partial charge in [0.25, 0.3) is 0 Å². The third kappa shape index (κ3) is 3.07. The van der Waals surface area contributed by atoms with Crippen molar-refractivity contribution < 1.29 is 9.63 Å². The monoisotopic (exact) mass is 188 g/mol. The number of rotatable bonds is 2. The van der Waals surface area contributed by atoms with Gasteiger partial charge in [0.05, 0.1) is 17.8 Å². The molecular weight excluding hydrogens is 180 g/mol. The van der Waals surface area contributed by atoms with Crippen molar-refractivity contribution in [3.05, 3.63) is 35.4 Å². The van der Waals surface area contributed by atoms with E-state index < -0.39 is 5.97 Å². The molecule has 0 atom stereocenters. The van der Waals surface area contributed by atoms with E-state index in [9.17, 15) is 4.79 Å². The summed E-state index contributed by atoms with van der Waals surface area (Å²) in [6.45, 7) is 1.27. The second-order valence-electron chi connectivity index (χ2n) is 2.55. The Morgan fingerprint density at radius 2 is 2.43 bits per heavy atom. The minimum absolute atomic E-state index is 0.474. The van der Waals surface area contributed by atoms with Gasteiger partial charge < -0.3 is 4.84 Å². The normalized spacial score (nSPS) is 9.71. The Morgan fingerprint density at radius 3 is 3.07 bits per heavy atom. The van der Waals surface area contributed by atoms with Crippen molar-refractivity contribution in [1.82, 2.24) is 0 Å². The maximum absolute atomic E-state index is 10.4. The molecule has 0 bridgehead atoms. The van der Waals surface area contributed by atoms with Crippen LogP contribution in [0.5, 0.6) is 0 Å². The highest BCUT2D eigenvalue weighted by Crippen LogP contribution is 2.01. The van der Waals surface area contributed by atoms with E-state index >= 15 is 0 Å². The molecule has 0 saturated carbocycles. The SMILES string of the molecule is CC(=O)O/N=C/c1cccc(C#N)c1. The van der Waals surface area contributed by atoms with Gasteiger partial charge in [-0.3, -0.25) is 0 Å². The van der Waals surface area contributed by atoms with Gasteiger partial charge in [-0.2, -0.15) is 5.26 Å². The molecule has 0 radical (unpaired) electrons. The molecule has 0 heterocycles. The minimum atomic E-state index is -0.474. The van der Waals surface area contributed by atoms with E-state index in [4.69, 9.17) is 5.26 Å². The lowest BCUT2D eigenvalue weighted by Gasteiger charge is -1.92. The van der Waals surface area contributed by atoms with E-state index in [0.717, 1.165) is 0 Å². The third-order valence-corrected chi connectivity index (χ3v) is 1.40. The standard InChI is InChI=1S/C10H8N2O2/c1-8(13)14-12-7-10-4-2-3-9(5-10)6-11/h2-5,7H,1H3/b12-7+. The van der Waals surface area contributed by atoms with Crippen molar-refractivity contribution in [3.8, 4) is 6.07 Å². The van der Waals surface area contributed by atoms with Crippen LogP contribution in [0.4, 0.5) is 0 Å². The van der Waals surface area contributed by atoms with Crippen LogP contribution in [0.2, 0.25) is 0 Å². The lowest BCUT2D eigenvalue weighted by Crippen LogP contribution is -1.91. The lowest BCUT2D eigenvalue weighted by molar-refractivity contribution is -0.140. The first-order chi connectivity index (χ1) is 6.72. The molecule has 0 fully saturated rings. The van der Waals surface area contributed by atoms with E-state index in [-0.39, 0.29) is 0 Å². The van der Waals surface area contributed by atoms with Crippen LogP contribution in [-0.2, 0) is 9.63 Å². The Balaban J connectivity index is 2.72. The van der Waals surface area contributed by atoms with Gasteiger partial charge in [0.1, 0.15) is 0 Å². The van der Waals surface area contributed by atoms with E-state index in [2.05, 4.69) is 9.99 Å². The molecule has 0 N–H and O–H groups in total. The van der Waals surface area contributed by atoms with Crippen LogP contribution < -0.4 is 0 Å². The highest BCUT2D eigenvalue weighted by molar-refractivity contribution is 5.80. The molecule has 1 rings (SSSR count). The first-order valence-corrected chi connectivity index (χ1v) is 3.93. The van der Waals surface area contributed by atoms with Crippen LogP contribution in [0, 0.1) is 11.3 Å². The summed E-state index contributed by atoms with van der Waals surface area (Å²) in [6, 6.07) is 8.81. The molecule has 4 nitrogen and oxygen atoms in total. The third-order valence-electron chi connectivity index (χ3n) is 1.40. The van der Waals surface area contributed by atoms with Gasteiger partial charge >= 0.3 is 5.97 Å². The van der Waals surface area contributed by atoms with Crippen LogP contribution in [-0.4, -0.2) is 12.2 Å². The number of carbonyl (C=O) groups is 1. The molecule has 1 aromatic carbocycles. The lowest BCUT2D eigenvalue weighted by atomic mass is 10.1. The zero-order chi connectivity index (χ0) is 10.4. The Hall–Kier alpha value is -2.15. The average molecular weight is 188 g/mol. The summed E-state index contributed by atoms with van der Waals surface area (Å²) in [5.74, 6) is -0.474. The van der Waals surface area contributed by atoms with Gasteiger partial charge in [-0.15, -0.1) is 0 Å². The number of nitriles is 1. The fourth-order valence-electron chi connectivity index (χ4n) is 0.850. The molecule has 0 aliphatic rings. The zero-order valence-electron chi connectivity index (χ0n) is 7.60. The number of hydrogen-bond donors (Lipinski definition) is 0. The van der Waals surface area contributed by atoms with Gasteiger partial charge in [-0.25, -0.2) is 4.79 Å². The molecule has 14 heavy (non-hydrogen) atoms. The predicted molar refractivity (Wildman–Crippen MR) is 50.5 cm³/mol. The molecule has 0 aliphatic carbocycles.